The van der Waals surface area contributed by atoms with E-state index >= 15 is 0 Å². The molecule has 1 aromatic carbocycles. The number of benzene rings is 1. The lowest BCUT2D eigenvalue weighted by Crippen LogP contribution is -2.39. The Morgan fingerprint density at radius 1 is 1.23 bits per heavy atom. The summed E-state index contributed by atoms with van der Waals surface area (Å²) in [5.41, 5.74) is -1.38. The minimum absolute atomic E-state index is 0.0808. The number of amides is 2. The van der Waals surface area contributed by atoms with E-state index in [0.717, 1.165) is 31.0 Å². The molecule has 0 heterocycles. The zero-order valence-corrected chi connectivity index (χ0v) is 11.5. The molecule has 0 aliphatic heterocycles. The van der Waals surface area contributed by atoms with Crippen LogP contribution in [-0.2, 0) is 15.8 Å². The van der Waals surface area contributed by atoms with Gasteiger partial charge >= 0.3 is 18.0 Å². The zero-order chi connectivity index (χ0) is 16.4. The molecule has 1 aliphatic rings. The third kappa shape index (κ3) is 3.97. The second kappa shape index (κ2) is 5.96. The normalized spacial score (nSPS) is 16.0. The van der Waals surface area contributed by atoms with Crippen LogP contribution in [0.2, 0.25) is 0 Å². The van der Waals surface area contributed by atoms with Crippen LogP contribution in [0.3, 0.4) is 0 Å². The number of hydrogen-bond acceptors (Lipinski definition) is 3. The highest BCUT2D eigenvalue weighted by Crippen LogP contribution is 2.44. The van der Waals surface area contributed by atoms with Gasteiger partial charge in [-0.1, -0.05) is 6.07 Å². The van der Waals surface area contributed by atoms with Gasteiger partial charge in [0.25, 0.3) is 0 Å². The Morgan fingerprint density at radius 2 is 1.91 bits per heavy atom. The first-order valence-electron chi connectivity index (χ1n) is 6.63. The van der Waals surface area contributed by atoms with Gasteiger partial charge in [-0.2, -0.15) is 13.2 Å². The van der Waals surface area contributed by atoms with Crippen molar-refractivity contribution >= 4 is 17.5 Å². The second-order valence-corrected chi connectivity index (χ2v) is 5.37. The lowest BCUT2D eigenvalue weighted by molar-refractivity contribution is -0.137. The Labute approximate surface area is 124 Å². The van der Waals surface area contributed by atoms with Crippen molar-refractivity contribution in [3.8, 4) is 0 Å². The van der Waals surface area contributed by atoms with E-state index in [1.54, 1.807) is 0 Å². The van der Waals surface area contributed by atoms with Gasteiger partial charge in [0.05, 0.1) is 12.2 Å². The fourth-order valence-electron chi connectivity index (χ4n) is 1.88. The first-order chi connectivity index (χ1) is 10.3. The number of aliphatic hydroxyl groups is 1. The Hall–Kier alpha value is -2.09. The topological polar surface area (TPSA) is 78.4 Å². The van der Waals surface area contributed by atoms with Crippen molar-refractivity contribution < 1.29 is 27.9 Å². The molecule has 0 saturated heterocycles. The lowest BCUT2D eigenvalue weighted by atomic mass is 10.1. The van der Waals surface area contributed by atoms with Gasteiger partial charge in [0, 0.05) is 17.6 Å². The van der Waals surface area contributed by atoms with Gasteiger partial charge in [0.1, 0.15) is 0 Å². The molecule has 3 N–H and O–H groups in total. The summed E-state index contributed by atoms with van der Waals surface area (Å²) in [6.07, 6.45) is -3.00. The minimum Gasteiger partial charge on any atom is -0.396 e. The number of carbonyl (C=O) groups is 2. The van der Waals surface area contributed by atoms with Crippen molar-refractivity contribution in [2.24, 2.45) is 5.41 Å². The average molecular weight is 316 g/mol. The highest BCUT2D eigenvalue weighted by Gasteiger charge is 2.42. The average Bonchev–Trinajstić information content (AvgIpc) is 3.25. The molecule has 1 aliphatic carbocycles. The summed E-state index contributed by atoms with van der Waals surface area (Å²) in [5, 5.41) is 13.6. The smallest absolute Gasteiger partial charge is 0.396 e. The summed E-state index contributed by atoms with van der Waals surface area (Å²) in [4.78, 5) is 23.2. The predicted octanol–water partition coefficient (Wildman–Crippen LogP) is 1.53. The van der Waals surface area contributed by atoms with E-state index in [4.69, 9.17) is 5.11 Å². The molecule has 0 spiro atoms. The zero-order valence-electron chi connectivity index (χ0n) is 11.5. The molecule has 0 unspecified atom stereocenters. The maximum atomic E-state index is 12.5. The summed E-state index contributed by atoms with van der Waals surface area (Å²) < 4.78 is 37.6. The molecule has 8 heteroatoms. The highest BCUT2D eigenvalue weighted by molar-refractivity contribution is 6.39. The van der Waals surface area contributed by atoms with Crippen LogP contribution in [0.4, 0.5) is 18.9 Å². The van der Waals surface area contributed by atoms with Crippen molar-refractivity contribution in [1.82, 2.24) is 5.32 Å². The summed E-state index contributed by atoms with van der Waals surface area (Å²) in [6.45, 7) is 0.0842. The molecule has 2 rings (SSSR count). The van der Waals surface area contributed by atoms with Crippen LogP contribution >= 0.6 is 0 Å². The monoisotopic (exact) mass is 316 g/mol. The quantitative estimate of drug-likeness (QED) is 0.737. The Balaban J connectivity index is 1.92. The molecule has 0 atom stereocenters. The van der Waals surface area contributed by atoms with Gasteiger partial charge in [-0.15, -0.1) is 0 Å². The van der Waals surface area contributed by atoms with Crippen LogP contribution in [0.15, 0.2) is 24.3 Å². The molecule has 1 saturated carbocycles. The molecule has 1 fully saturated rings. The van der Waals surface area contributed by atoms with Gasteiger partial charge in [-0.3, -0.25) is 9.59 Å². The van der Waals surface area contributed by atoms with Gasteiger partial charge in [0.2, 0.25) is 0 Å². The fourth-order valence-corrected chi connectivity index (χ4v) is 1.88. The van der Waals surface area contributed by atoms with Gasteiger partial charge < -0.3 is 15.7 Å². The summed E-state index contributed by atoms with van der Waals surface area (Å²) in [5.74, 6) is -2.00. The molecule has 0 radical (unpaired) electrons. The predicted molar refractivity (Wildman–Crippen MR) is 71.8 cm³/mol. The largest absolute Gasteiger partial charge is 0.416 e. The van der Waals surface area contributed by atoms with Gasteiger partial charge in [-0.05, 0) is 31.0 Å². The molecule has 2 amide bonds. The number of halogens is 3. The van der Waals surface area contributed by atoms with E-state index in [1.165, 1.54) is 6.07 Å². The third-order valence-corrected chi connectivity index (χ3v) is 3.57. The van der Waals surface area contributed by atoms with Crippen LogP contribution in [0.5, 0.6) is 0 Å². The van der Waals surface area contributed by atoms with E-state index in [9.17, 15) is 22.8 Å². The number of alkyl halides is 3. The molecule has 22 heavy (non-hydrogen) atoms. The van der Waals surface area contributed by atoms with Crippen molar-refractivity contribution in [3.05, 3.63) is 29.8 Å². The summed E-state index contributed by atoms with van der Waals surface area (Å²) in [6, 6.07) is 4.02. The lowest BCUT2D eigenvalue weighted by Gasteiger charge is -2.13. The van der Waals surface area contributed by atoms with Crippen molar-refractivity contribution in [2.75, 3.05) is 18.5 Å². The van der Waals surface area contributed by atoms with Crippen LogP contribution in [-0.4, -0.2) is 30.1 Å². The van der Waals surface area contributed by atoms with Gasteiger partial charge in [-0.25, -0.2) is 0 Å². The summed E-state index contributed by atoms with van der Waals surface area (Å²) >= 11 is 0. The maximum Gasteiger partial charge on any atom is 0.416 e. The first kappa shape index (κ1) is 16.3. The number of aliphatic hydroxyl groups excluding tert-OH is 1. The molecular formula is C14H15F3N2O3. The van der Waals surface area contributed by atoms with E-state index in [0.29, 0.717) is 0 Å². The Bertz CT molecular complexity index is 583. The first-order valence-corrected chi connectivity index (χ1v) is 6.63. The highest BCUT2D eigenvalue weighted by atomic mass is 19.4. The fraction of sp³-hybridized carbons (Fsp3) is 0.429. The van der Waals surface area contributed by atoms with Crippen LogP contribution in [0.25, 0.3) is 0 Å². The van der Waals surface area contributed by atoms with E-state index < -0.39 is 23.6 Å². The standard InChI is InChI=1S/C14H15F3N2O3/c15-14(16,17)9-2-1-3-10(6-9)19-12(22)11(21)18-7-13(8-20)4-5-13/h1-3,6,20H,4-5,7-8H2,(H,18,21)(H,19,22). The SMILES string of the molecule is O=C(NCC1(CO)CC1)C(=O)Nc1cccc(C(F)(F)F)c1. The Morgan fingerprint density at radius 3 is 2.45 bits per heavy atom. The molecule has 120 valence electrons. The third-order valence-electron chi connectivity index (χ3n) is 3.57. The number of rotatable bonds is 4. The maximum absolute atomic E-state index is 12.5. The number of carbonyl (C=O) groups excluding carboxylic acids is 2. The number of hydrogen-bond donors (Lipinski definition) is 3. The van der Waals surface area contributed by atoms with Crippen molar-refractivity contribution in [3.63, 3.8) is 0 Å². The molecule has 0 bridgehead atoms. The summed E-state index contributed by atoms with van der Waals surface area (Å²) in [7, 11) is 0. The molecule has 5 nitrogen and oxygen atoms in total. The minimum atomic E-state index is -4.53. The van der Waals surface area contributed by atoms with Crippen LogP contribution in [0, 0.1) is 5.41 Å². The molecular weight excluding hydrogens is 301 g/mol. The van der Waals surface area contributed by atoms with Crippen molar-refractivity contribution in [1.29, 1.82) is 0 Å². The van der Waals surface area contributed by atoms with E-state index in [2.05, 4.69) is 10.6 Å². The molecule has 0 aromatic heterocycles. The van der Waals surface area contributed by atoms with E-state index in [-0.39, 0.29) is 24.3 Å². The van der Waals surface area contributed by atoms with Crippen molar-refractivity contribution in [2.45, 2.75) is 19.0 Å². The Kier molecular flexibility index (Phi) is 4.41. The number of nitrogens with one attached hydrogen (secondary N) is 2. The number of anilines is 1. The van der Waals surface area contributed by atoms with Crippen LogP contribution < -0.4 is 10.6 Å². The van der Waals surface area contributed by atoms with Crippen LogP contribution in [0.1, 0.15) is 18.4 Å². The van der Waals surface area contributed by atoms with Gasteiger partial charge in [0.15, 0.2) is 0 Å². The molecule has 1 aromatic rings. The second-order valence-electron chi connectivity index (χ2n) is 5.37. The van der Waals surface area contributed by atoms with E-state index in [1.807, 2.05) is 0 Å².